The van der Waals surface area contributed by atoms with Gasteiger partial charge in [0.1, 0.15) is 0 Å². The van der Waals surface area contributed by atoms with Gasteiger partial charge in [-0.15, -0.1) is 0 Å². The standard InChI is InChI=1S/C11H22O3/c1-10(2,3)7-8(9(12)14-13)11(4,5)6/h8,13H,7H2,1-6H3. The molecule has 0 amide bonds. The van der Waals surface area contributed by atoms with Crippen molar-refractivity contribution < 1.29 is 14.9 Å². The Kier molecular flexibility index (Phi) is 4.13. The van der Waals surface area contributed by atoms with E-state index in [1.165, 1.54) is 0 Å². The predicted octanol–water partition coefficient (Wildman–Crippen LogP) is 3.10. The highest BCUT2D eigenvalue weighted by atomic mass is 17.1. The fourth-order valence-electron chi connectivity index (χ4n) is 1.42. The summed E-state index contributed by atoms with van der Waals surface area (Å²) in [4.78, 5) is 15.2. The van der Waals surface area contributed by atoms with E-state index in [0.29, 0.717) is 6.42 Å². The molecule has 0 aromatic carbocycles. The maximum absolute atomic E-state index is 11.4. The normalized spacial score (nSPS) is 15.1. The molecule has 1 atom stereocenters. The lowest BCUT2D eigenvalue weighted by molar-refractivity contribution is -0.243. The number of rotatable bonds is 2. The van der Waals surface area contributed by atoms with Crippen LogP contribution in [0.5, 0.6) is 0 Å². The quantitative estimate of drug-likeness (QED) is 0.553. The summed E-state index contributed by atoms with van der Waals surface area (Å²) < 4.78 is 0. The summed E-state index contributed by atoms with van der Waals surface area (Å²) in [7, 11) is 0. The van der Waals surface area contributed by atoms with E-state index in [-0.39, 0.29) is 16.7 Å². The monoisotopic (exact) mass is 202 g/mol. The lowest BCUT2D eigenvalue weighted by Crippen LogP contribution is -2.33. The van der Waals surface area contributed by atoms with Crippen LogP contribution < -0.4 is 0 Å². The molecule has 0 fully saturated rings. The van der Waals surface area contributed by atoms with Gasteiger partial charge in [0.15, 0.2) is 0 Å². The van der Waals surface area contributed by atoms with Crippen LogP contribution in [0.2, 0.25) is 0 Å². The zero-order chi connectivity index (χ0) is 11.6. The third kappa shape index (κ3) is 4.61. The number of carbonyl (C=O) groups excluding carboxylic acids is 1. The Labute approximate surface area is 86.4 Å². The molecule has 0 aromatic heterocycles. The zero-order valence-corrected chi connectivity index (χ0v) is 10.0. The van der Waals surface area contributed by atoms with E-state index in [0.717, 1.165) is 0 Å². The fourth-order valence-corrected chi connectivity index (χ4v) is 1.42. The van der Waals surface area contributed by atoms with Crippen LogP contribution in [-0.4, -0.2) is 11.2 Å². The first-order valence-corrected chi connectivity index (χ1v) is 4.93. The van der Waals surface area contributed by atoms with Crippen molar-refractivity contribution in [2.24, 2.45) is 16.7 Å². The average molecular weight is 202 g/mol. The number of hydrogen-bond acceptors (Lipinski definition) is 3. The van der Waals surface area contributed by atoms with Gasteiger partial charge in [0, 0.05) is 0 Å². The van der Waals surface area contributed by atoms with Gasteiger partial charge in [-0.3, -0.25) is 0 Å². The minimum atomic E-state index is -0.535. The summed E-state index contributed by atoms with van der Waals surface area (Å²) >= 11 is 0. The molecule has 0 saturated heterocycles. The van der Waals surface area contributed by atoms with E-state index in [4.69, 9.17) is 5.26 Å². The molecule has 1 unspecified atom stereocenters. The SMILES string of the molecule is CC(C)(C)CC(C(=O)OO)C(C)(C)C. The van der Waals surface area contributed by atoms with Crippen molar-refractivity contribution >= 4 is 5.97 Å². The molecule has 3 nitrogen and oxygen atoms in total. The summed E-state index contributed by atoms with van der Waals surface area (Å²) in [6.07, 6.45) is 0.704. The topological polar surface area (TPSA) is 46.5 Å². The van der Waals surface area contributed by atoms with Crippen LogP contribution >= 0.6 is 0 Å². The largest absolute Gasteiger partial charge is 0.345 e. The molecule has 0 heterocycles. The van der Waals surface area contributed by atoms with E-state index in [1.54, 1.807) is 0 Å². The van der Waals surface area contributed by atoms with Crippen LogP contribution in [0.3, 0.4) is 0 Å². The van der Waals surface area contributed by atoms with Crippen LogP contribution in [0.1, 0.15) is 48.0 Å². The number of hydrogen-bond donors (Lipinski definition) is 1. The Morgan fingerprint density at radius 1 is 1.21 bits per heavy atom. The second kappa shape index (κ2) is 4.30. The molecule has 0 saturated carbocycles. The van der Waals surface area contributed by atoms with Crippen molar-refractivity contribution in [3.8, 4) is 0 Å². The summed E-state index contributed by atoms with van der Waals surface area (Å²) in [5.41, 5.74) is -0.140. The van der Waals surface area contributed by atoms with Crippen molar-refractivity contribution in [3.63, 3.8) is 0 Å². The number of carbonyl (C=O) groups is 1. The molecular formula is C11H22O3. The molecule has 0 rings (SSSR count). The van der Waals surface area contributed by atoms with Crippen LogP contribution in [-0.2, 0) is 9.68 Å². The molecule has 14 heavy (non-hydrogen) atoms. The second-order valence-corrected chi connectivity index (χ2v) is 6.09. The maximum Gasteiger partial charge on any atom is 0.345 e. The molecule has 0 aliphatic carbocycles. The minimum absolute atomic E-state index is 0.0478. The molecule has 0 aliphatic rings. The van der Waals surface area contributed by atoms with Gasteiger partial charge in [0.2, 0.25) is 0 Å². The van der Waals surface area contributed by atoms with Crippen LogP contribution in [0.4, 0.5) is 0 Å². The third-order valence-corrected chi connectivity index (χ3v) is 2.24. The fraction of sp³-hybridized carbons (Fsp3) is 0.909. The van der Waals surface area contributed by atoms with Crippen molar-refractivity contribution in [3.05, 3.63) is 0 Å². The zero-order valence-electron chi connectivity index (χ0n) is 10.0. The van der Waals surface area contributed by atoms with E-state index in [1.807, 2.05) is 20.8 Å². The highest BCUT2D eigenvalue weighted by Gasteiger charge is 2.36. The van der Waals surface area contributed by atoms with Crippen molar-refractivity contribution in [2.75, 3.05) is 0 Å². The molecule has 0 spiro atoms. The van der Waals surface area contributed by atoms with Gasteiger partial charge in [-0.25, -0.2) is 4.79 Å². The summed E-state index contributed by atoms with van der Waals surface area (Å²) in [6, 6.07) is 0. The predicted molar refractivity (Wildman–Crippen MR) is 55.7 cm³/mol. The van der Waals surface area contributed by atoms with Crippen molar-refractivity contribution in [2.45, 2.75) is 48.0 Å². The summed E-state index contributed by atoms with van der Waals surface area (Å²) in [6.45, 7) is 12.1. The highest BCUT2D eigenvalue weighted by Crippen LogP contribution is 2.36. The first-order chi connectivity index (χ1) is 6.08. The Balaban J connectivity index is 4.67. The van der Waals surface area contributed by atoms with E-state index in [9.17, 15) is 4.79 Å². The van der Waals surface area contributed by atoms with E-state index < -0.39 is 5.97 Å². The lowest BCUT2D eigenvalue weighted by Gasteiger charge is -2.32. The molecular weight excluding hydrogens is 180 g/mol. The maximum atomic E-state index is 11.4. The third-order valence-electron chi connectivity index (χ3n) is 2.24. The highest BCUT2D eigenvalue weighted by molar-refractivity contribution is 5.72. The van der Waals surface area contributed by atoms with Crippen LogP contribution in [0.25, 0.3) is 0 Å². The molecule has 3 heteroatoms. The summed E-state index contributed by atoms with van der Waals surface area (Å²) in [5, 5.41) is 8.42. The molecule has 0 bridgehead atoms. The Hall–Kier alpha value is -0.570. The van der Waals surface area contributed by atoms with Gasteiger partial charge >= 0.3 is 5.97 Å². The van der Waals surface area contributed by atoms with Gasteiger partial charge in [-0.1, -0.05) is 41.5 Å². The molecule has 0 aromatic rings. The van der Waals surface area contributed by atoms with Gasteiger partial charge in [-0.2, -0.15) is 5.26 Å². The van der Waals surface area contributed by atoms with Crippen LogP contribution in [0, 0.1) is 16.7 Å². The van der Waals surface area contributed by atoms with Crippen molar-refractivity contribution in [1.29, 1.82) is 0 Å². The summed E-state index contributed by atoms with van der Waals surface area (Å²) in [5.74, 6) is -0.806. The smallest absolute Gasteiger partial charge is 0.301 e. The Morgan fingerprint density at radius 2 is 1.64 bits per heavy atom. The molecule has 1 N–H and O–H groups in total. The van der Waals surface area contributed by atoms with E-state index in [2.05, 4.69) is 25.7 Å². The average Bonchev–Trinajstić information content (AvgIpc) is 1.95. The van der Waals surface area contributed by atoms with Gasteiger partial charge in [0.05, 0.1) is 5.92 Å². The first-order valence-electron chi connectivity index (χ1n) is 4.93. The second-order valence-electron chi connectivity index (χ2n) is 6.09. The molecule has 0 aliphatic heterocycles. The Morgan fingerprint density at radius 3 is 1.86 bits per heavy atom. The molecule has 84 valence electrons. The van der Waals surface area contributed by atoms with Gasteiger partial charge < -0.3 is 4.89 Å². The minimum Gasteiger partial charge on any atom is -0.301 e. The Bertz CT molecular complexity index is 196. The molecule has 0 radical (unpaired) electrons. The van der Waals surface area contributed by atoms with Gasteiger partial charge in [0.25, 0.3) is 0 Å². The van der Waals surface area contributed by atoms with Gasteiger partial charge in [-0.05, 0) is 17.3 Å². The first kappa shape index (κ1) is 13.4. The van der Waals surface area contributed by atoms with E-state index >= 15 is 0 Å². The van der Waals surface area contributed by atoms with Crippen LogP contribution in [0.15, 0.2) is 0 Å². The van der Waals surface area contributed by atoms with Crippen molar-refractivity contribution in [1.82, 2.24) is 0 Å². The lowest BCUT2D eigenvalue weighted by atomic mass is 9.72.